The predicted octanol–water partition coefficient (Wildman–Crippen LogP) is 3.07. The van der Waals surface area contributed by atoms with E-state index >= 15 is 0 Å². The fourth-order valence-corrected chi connectivity index (χ4v) is 3.41. The Balaban J connectivity index is 0.000000451. The minimum atomic E-state index is -5.08. The summed E-state index contributed by atoms with van der Waals surface area (Å²) in [7, 11) is 1.99. The molecule has 2 aromatic rings. The Kier molecular flexibility index (Phi) is 8.05. The van der Waals surface area contributed by atoms with Crippen LogP contribution in [0.25, 0.3) is 0 Å². The molecule has 2 aromatic heterocycles. The summed E-state index contributed by atoms with van der Waals surface area (Å²) in [5, 5.41) is 11.0. The Labute approximate surface area is 183 Å². The number of nitrogens with zero attached hydrogens (tertiary/aromatic N) is 4. The molecule has 0 saturated carbocycles. The van der Waals surface area contributed by atoms with Gasteiger partial charge in [0.1, 0.15) is 11.3 Å². The molecule has 9 nitrogen and oxygen atoms in total. The second-order valence-electron chi connectivity index (χ2n) is 8.00. The van der Waals surface area contributed by atoms with Crippen LogP contribution in [0.15, 0.2) is 10.9 Å². The monoisotopic (exact) mass is 460 g/mol. The van der Waals surface area contributed by atoms with E-state index in [0.29, 0.717) is 49.2 Å². The van der Waals surface area contributed by atoms with Gasteiger partial charge in [-0.25, -0.2) is 9.78 Å². The number of carbonyl (C=O) groups is 2. The molecule has 0 saturated heterocycles. The van der Waals surface area contributed by atoms with Gasteiger partial charge in [-0.3, -0.25) is 4.79 Å². The van der Waals surface area contributed by atoms with Crippen LogP contribution in [0.2, 0.25) is 0 Å². The average Bonchev–Trinajstić information content (AvgIpc) is 3.22. The van der Waals surface area contributed by atoms with Gasteiger partial charge < -0.3 is 23.8 Å². The van der Waals surface area contributed by atoms with E-state index in [1.165, 1.54) is 0 Å². The van der Waals surface area contributed by atoms with Crippen molar-refractivity contribution in [2.75, 3.05) is 19.8 Å². The first-order valence-electron chi connectivity index (χ1n) is 9.93. The van der Waals surface area contributed by atoms with Crippen molar-refractivity contribution >= 4 is 11.9 Å². The Morgan fingerprint density at radius 1 is 1.34 bits per heavy atom. The number of carbonyl (C=O) groups excluding carboxylic acids is 1. The number of imidazole rings is 1. The molecule has 1 atom stereocenters. The zero-order valence-electron chi connectivity index (χ0n) is 18.6. The highest BCUT2D eigenvalue weighted by Gasteiger charge is 2.38. The van der Waals surface area contributed by atoms with Gasteiger partial charge in [-0.15, -0.1) is 0 Å². The lowest BCUT2D eigenvalue weighted by molar-refractivity contribution is -0.192. The molecule has 1 aliphatic rings. The zero-order chi connectivity index (χ0) is 24.2. The summed E-state index contributed by atoms with van der Waals surface area (Å²) in [6.45, 7) is 10.2. The summed E-state index contributed by atoms with van der Waals surface area (Å²) in [5.74, 6) is -1.66. The molecule has 32 heavy (non-hydrogen) atoms. The van der Waals surface area contributed by atoms with Crippen molar-refractivity contribution in [3.05, 3.63) is 34.7 Å². The van der Waals surface area contributed by atoms with E-state index in [0.717, 1.165) is 11.4 Å². The molecular weight excluding hydrogens is 433 g/mol. The number of fused-ring (bicyclic) bond motifs is 1. The van der Waals surface area contributed by atoms with Crippen molar-refractivity contribution < 1.29 is 37.1 Å². The zero-order valence-corrected chi connectivity index (χ0v) is 18.6. The number of amides is 1. The van der Waals surface area contributed by atoms with Gasteiger partial charge in [0.2, 0.25) is 0 Å². The number of halogens is 3. The molecule has 0 fully saturated rings. The number of ether oxygens (including phenoxy) is 1. The molecule has 3 heterocycles. The lowest BCUT2D eigenvalue weighted by atomic mass is 9.98. The molecule has 1 amide bonds. The van der Waals surface area contributed by atoms with Gasteiger partial charge in [-0.05, 0) is 19.8 Å². The first-order valence-corrected chi connectivity index (χ1v) is 9.93. The summed E-state index contributed by atoms with van der Waals surface area (Å²) in [6, 6.07) is 0. The fourth-order valence-electron chi connectivity index (χ4n) is 3.41. The van der Waals surface area contributed by atoms with Crippen molar-refractivity contribution in [1.29, 1.82) is 0 Å². The van der Waals surface area contributed by atoms with E-state index in [4.69, 9.17) is 19.2 Å². The first-order chi connectivity index (χ1) is 14.8. The van der Waals surface area contributed by atoms with E-state index < -0.39 is 12.1 Å². The highest BCUT2D eigenvalue weighted by Crippen LogP contribution is 2.29. The maximum Gasteiger partial charge on any atom is 0.490 e. The summed E-state index contributed by atoms with van der Waals surface area (Å²) in [5.41, 5.74) is 3.28. The van der Waals surface area contributed by atoms with Gasteiger partial charge in [0.05, 0.1) is 30.9 Å². The number of carboxylic acid groups (broad SMARTS) is 1. The number of hydrogen-bond acceptors (Lipinski definition) is 6. The molecule has 0 spiro atoms. The maximum atomic E-state index is 13.0. The van der Waals surface area contributed by atoms with Gasteiger partial charge in [0.15, 0.2) is 0 Å². The van der Waals surface area contributed by atoms with Crippen LogP contribution >= 0.6 is 0 Å². The van der Waals surface area contributed by atoms with Crippen LogP contribution < -0.4 is 0 Å². The molecular formula is C20H27F3N4O5. The maximum absolute atomic E-state index is 13.0. The number of aliphatic carboxylic acids is 1. The quantitative estimate of drug-likeness (QED) is 0.730. The Morgan fingerprint density at radius 3 is 2.47 bits per heavy atom. The van der Waals surface area contributed by atoms with Crippen molar-refractivity contribution in [2.24, 2.45) is 13.0 Å². The van der Waals surface area contributed by atoms with Gasteiger partial charge in [-0.1, -0.05) is 19.0 Å². The van der Waals surface area contributed by atoms with Crippen LogP contribution in [-0.4, -0.2) is 62.5 Å². The number of aromatic nitrogens is 3. The Hall–Kier alpha value is -2.89. The number of rotatable bonds is 5. The van der Waals surface area contributed by atoms with Crippen LogP contribution in [0.5, 0.6) is 0 Å². The van der Waals surface area contributed by atoms with Crippen molar-refractivity contribution in [1.82, 2.24) is 19.6 Å². The third kappa shape index (κ3) is 6.09. The van der Waals surface area contributed by atoms with E-state index in [2.05, 4.69) is 24.0 Å². The average molecular weight is 460 g/mol. The summed E-state index contributed by atoms with van der Waals surface area (Å²) < 4.78 is 44.8. The molecule has 0 aromatic carbocycles. The lowest BCUT2D eigenvalue weighted by Crippen LogP contribution is -2.40. The number of alkyl halides is 3. The van der Waals surface area contributed by atoms with Gasteiger partial charge in [-0.2, -0.15) is 13.2 Å². The van der Waals surface area contributed by atoms with E-state index in [9.17, 15) is 18.0 Å². The molecule has 0 bridgehead atoms. The number of carboxylic acids is 1. The van der Waals surface area contributed by atoms with Gasteiger partial charge in [0.25, 0.3) is 5.91 Å². The molecule has 12 heteroatoms. The highest BCUT2D eigenvalue weighted by molar-refractivity contribution is 5.96. The molecule has 178 valence electrons. The Morgan fingerprint density at radius 2 is 1.97 bits per heavy atom. The first kappa shape index (κ1) is 25.4. The smallest absolute Gasteiger partial charge is 0.475 e. The second-order valence-corrected chi connectivity index (χ2v) is 8.00. The molecule has 1 unspecified atom stereocenters. The third-order valence-electron chi connectivity index (χ3n) is 4.78. The summed E-state index contributed by atoms with van der Waals surface area (Å²) >= 11 is 0. The van der Waals surface area contributed by atoms with Crippen LogP contribution in [0.1, 0.15) is 53.0 Å². The molecule has 3 rings (SSSR count). The van der Waals surface area contributed by atoms with Crippen LogP contribution in [0.4, 0.5) is 13.2 Å². The highest BCUT2D eigenvalue weighted by atomic mass is 19.4. The second kappa shape index (κ2) is 10.2. The predicted molar refractivity (Wildman–Crippen MR) is 106 cm³/mol. The molecule has 0 aliphatic carbocycles. The standard InChI is InChI=1S/C18H26N4O3.C2HF3O2/c1-11(2)8-24-9-14-6-22(7-15-17(14)21(5)10-19-15)18(23)16-12(3)20-25-13(16)4;3-2(4,5)1(6)7/h10-11,14H,6-9H2,1-5H3;(H,6,7). The van der Waals surface area contributed by atoms with Crippen molar-refractivity contribution in [2.45, 2.75) is 46.3 Å². The van der Waals surface area contributed by atoms with Crippen molar-refractivity contribution in [3.63, 3.8) is 0 Å². The number of hydrogen-bond donors (Lipinski definition) is 1. The van der Waals surface area contributed by atoms with Gasteiger partial charge in [0, 0.05) is 31.8 Å². The largest absolute Gasteiger partial charge is 0.490 e. The third-order valence-corrected chi connectivity index (χ3v) is 4.78. The minimum absolute atomic E-state index is 0.0542. The van der Waals surface area contributed by atoms with Crippen LogP contribution in [0.3, 0.4) is 0 Å². The lowest BCUT2D eigenvalue weighted by Gasteiger charge is -2.33. The van der Waals surface area contributed by atoms with E-state index in [1.807, 2.05) is 22.8 Å². The normalized spacial score (nSPS) is 15.9. The Bertz CT molecular complexity index is 932. The minimum Gasteiger partial charge on any atom is -0.475 e. The van der Waals surface area contributed by atoms with E-state index in [-0.39, 0.29) is 11.8 Å². The topological polar surface area (TPSA) is 111 Å². The summed E-state index contributed by atoms with van der Waals surface area (Å²) in [4.78, 5) is 28.2. The molecule has 1 aliphatic heterocycles. The van der Waals surface area contributed by atoms with Crippen LogP contribution in [0, 0.1) is 19.8 Å². The van der Waals surface area contributed by atoms with Crippen LogP contribution in [-0.2, 0) is 23.1 Å². The van der Waals surface area contributed by atoms with E-state index in [1.54, 1.807) is 13.8 Å². The van der Waals surface area contributed by atoms with Gasteiger partial charge >= 0.3 is 12.1 Å². The fraction of sp³-hybridized carbons (Fsp3) is 0.600. The summed E-state index contributed by atoms with van der Waals surface area (Å²) in [6.07, 6.45) is -3.27. The molecule has 1 N–H and O–H groups in total. The molecule has 0 radical (unpaired) electrons. The number of aryl methyl sites for hydroxylation is 3. The van der Waals surface area contributed by atoms with Crippen molar-refractivity contribution in [3.8, 4) is 0 Å². The SMILES string of the molecule is Cc1noc(C)c1C(=O)N1Cc2ncn(C)c2C(COCC(C)C)C1.O=C(O)C(F)(F)F.